The number of rotatable bonds is 7. The maximum Gasteiger partial charge on any atom is 0.225 e. The lowest BCUT2D eigenvalue weighted by Gasteiger charge is -2.28. The second-order valence-corrected chi connectivity index (χ2v) is 7.23. The Morgan fingerprint density at radius 2 is 1.89 bits per heavy atom. The van der Waals surface area contributed by atoms with Crippen molar-refractivity contribution >= 4 is 34.6 Å². The highest BCUT2D eigenvalue weighted by molar-refractivity contribution is 7.98. The molecule has 0 aliphatic carbocycles. The summed E-state index contributed by atoms with van der Waals surface area (Å²) in [4.78, 5) is 20.4. The second kappa shape index (κ2) is 9.13. The number of benzene rings is 1. The number of aliphatic hydroxyl groups is 1. The van der Waals surface area contributed by atoms with Crippen LogP contribution >= 0.6 is 11.8 Å². The minimum atomic E-state index is 0.00912. The molecular weight excluding hydrogens is 376 g/mol. The van der Waals surface area contributed by atoms with E-state index in [-0.39, 0.29) is 6.61 Å². The Morgan fingerprint density at radius 1 is 1.07 bits per heavy atom. The normalized spacial score (nSPS) is 14.4. The molecule has 146 valence electrons. The molecule has 1 fully saturated rings. The quantitative estimate of drug-likeness (QED) is 0.457. The van der Waals surface area contributed by atoms with Crippen LogP contribution in [0.4, 0.5) is 11.8 Å². The van der Waals surface area contributed by atoms with Gasteiger partial charge < -0.3 is 20.1 Å². The Labute approximate surface area is 167 Å². The number of anilines is 2. The van der Waals surface area contributed by atoms with Gasteiger partial charge in [-0.05, 0) is 5.56 Å². The third-order valence-corrected chi connectivity index (χ3v) is 5.40. The van der Waals surface area contributed by atoms with Gasteiger partial charge in [-0.25, -0.2) is 15.0 Å². The first-order valence-electron chi connectivity index (χ1n) is 9.22. The first-order valence-corrected chi connectivity index (χ1v) is 10.2. The van der Waals surface area contributed by atoms with Crippen molar-refractivity contribution in [2.45, 2.75) is 10.8 Å². The average molecular weight is 398 g/mol. The molecule has 3 aromatic rings. The molecule has 1 aliphatic heterocycles. The van der Waals surface area contributed by atoms with E-state index in [0.29, 0.717) is 25.7 Å². The third kappa shape index (κ3) is 4.32. The molecule has 9 heteroatoms. The number of thioether (sulfide) groups is 1. The molecule has 0 atom stereocenters. The number of aromatic nitrogens is 4. The van der Waals surface area contributed by atoms with E-state index in [1.54, 1.807) is 18.1 Å². The molecule has 0 unspecified atom stereocenters. The topological polar surface area (TPSA) is 96.3 Å². The second-order valence-electron chi connectivity index (χ2n) is 6.27. The Hall–Kier alpha value is -2.49. The molecule has 0 amide bonds. The molecule has 0 spiro atoms. The van der Waals surface area contributed by atoms with Crippen molar-refractivity contribution < 1.29 is 9.84 Å². The van der Waals surface area contributed by atoms with Crippen molar-refractivity contribution in [1.82, 2.24) is 19.9 Å². The molecule has 8 nitrogen and oxygen atoms in total. The number of hydrogen-bond donors (Lipinski definition) is 2. The summed E-state index contributed by atoms with van der Waals surface area (Å²) in [6.45, 7) is 3.21. The average Bonchev–Trinajstić information content (AvgIpc) is 2.77. The molecule has 28 heavy (non-hydrogen) atoms. The summed E-state index contributed by atoms with van der Waals surface area (Å²) in [7, 11) is 0. The van der Waals surface area contributed by atoms with Crippen LogP contribution in [0.5, 0.6) is 0 Å². The Bertz CT molecular complexity index is 921. The van der Waals surface area contributed by atoms with E-state index in [1.807, 2.05) is 18.2 Å². The number of ether oxygens (including phenoxy) is 1. The molecule has 2 aromatic heterocycles. The van der Waals surface area contributed by atoms with Gasteiger partial charge in [0.1, 0.15) is 22.4 Å². The molecule has 3 heterocycles. The van der Waals surface area contributed by atoms with Crippen LogP contribution in [-0.4, -0.2) is 64.5 Å². The van der Waals surface area contributed by atoms with Gasteiger partial charge in [0.25, 0.3) is 0 Å². The van der Waals surface area contributed by atoms with Gasteiger partial charge in [0.05, 0.1) is 19.8 Å². The Balaban J connectivity index is 1.71. The molecule has 1 aromatic carbocycles. The first kappa shape index (κ1) is 18.9. The predicted octanol–water partition coefficient (Wildman–Crippen LogP) is 1.95. The Morgan fingerprint density at radius 3 is 2.68 bits per heavy atom. The zero-order valence-corrected chi connectivity index (χ0v) is 16.2. The summed E-state index contributed by atoms with van der Waals surface area (Å²) in [6.07, 6.45) is 1.57. The molecule has 4 rings (SSSR count). The number of nitrogens with one attached hydrogen (secondary N) is 1. The van der Waals surface area contributed by atoms with Crippen molar-refractivity contribution in [2.24, 2.45) is 0 Å². The van der Waals surface area contributed by atoms with Crippen LogP contribution in [0.25, 0.3) is 11.0 Å². The zero-order valence-electron chi connectivity index (χ0n) is 15.4. The van der Waals surface area contributed by atoms with Gasteiger partial charge in [-0.3, -0.25) is 0 Å². The van der Waals surface area contributed by atoms with E-state index in [1.165, 1.54) is 5.56 Å². The molecule has 0 saturated carbocycles. The van der Waals surface area contributed by atoms with Crippen molar-refractivity contribution in [1.29, 1.82) is 0 Å². The van der Waals surface area contributed by atoms with Crippen LogP contribution in [0.3, 0.4) is 0 Å². The summed E-state index contributed by atoms with van der Waals surface area (Å²) in [5.74, 6) is 2.04. The summed E-state index contributed by atoms with van der Waals surface area (Å²) >= 11 is 1.63. The highest BCUT2D eigenvalue weighted by Crippen LogP contribution is 2.31. The largest absolute Gasteiger partial charge is 0.395 e. The minimum absolute atomic E-state index is 0.00912. The summed E-state index contributed by atoms with van der Waals surface area (Å²) in [5.41, 5.74) is 2.68. The van der Waals surface area contributed by atoms with Gasteiger partial charge in [0.2, 0.25) is 5.95 Å². The van der Waals surface area contributed by atoms with E-state index in [0.717, 1.165) is 40.7 Å². The van der Waals surface area contributed by atoms with Crippen molar-refractivity contribution in [3.63, 3.8) is 0 Å². The highest BCUT2D eigenvalue weighted by Gasteiger charge is 2.20. The van der Waals surface area contributed by atoms with Crippen LogP contribution in [0.2, 0.25) is 0 Å². The lowest BCUT2D eigenvalue weighted by atomic mass is 10.2. The fourth-order valence-electron chi connectivity index (χ4n) is 2.99. The molecule has 1 saturated heterocycles. The number of aliphatic hydroxyl groups excluding tert-OH is 1. The van der Waals surface area contributed by atoms with Gasteiger partial charge in [-0.15, -0.1) is 0 Å². The monoisotopic (exact) mass is 398 g/mol. The van der Waals surface area contributed by atoms with Crippen molar-refractivity contribution in [2.75, 3.05) is 49.7 Å². The van der Waals surface area contributed by atoms with Crippen molar-refractivity contribution in [3.05, 3.63) is 42.2 Å². The van der Waals surface area contributed by atoms with Crippen LogP contribution in [0.15, 0.2) is 41.7 Å². The van der Waals surface area contributed by atoms with Crippen LogP contribution in [0, 0.1) is 0 Å². The van der Waals surface area contributed by atoms with Crippen LogP contribution in [-0.2, 0) is 10.5 Å². The number of morpholine rings is 1. The van der Waals surface area contributed by atoms with Gasteiger partial charge in [0, 0.05) is 25.4 Å². The molecule has 0 bridgehead atoms. The number of nitrogens with zero attached hydrogens (tertiary/aromatic N) is 5. The van der Waals surface area contributed by atoms with Crippen LogP contribution in [0.1, 0.15) is 5.56 Å². The molecule has 2 N–H and O–H groups in total. The van der Waals surface area contributed by atoms with E-state index in [4.69, 9.17) is 9.84 Å². The van der Waals surface area contributed by atoms with Gasteiger partial charge in [-0.2, -0.15) is 4.98 Å². The Kier molecular flexibility index (Phi) is 6.15. The number of fused-ring (bicyclic) bond motifs is 1. The fraction of sp³-hybridized carbons (Fsp3) is 0.368. The van der Waals surface area contributed by atoms with Crippen LogP contribution < -0.4 is 10.2 Å². The summed E-state index contributed by atoms with van der Waals surface area (Å²) < 4.78 is 5.47. The zero-order chi connectivity index (χ0) is 19.2. The van der Waals surface area contributed by atoms with E-state index in [2.05, 4.69) is 42.3 Å². The van der Waals surface area contributed by atoms with Gasteiger partial charge in [0.15, 0.2) is 5.82 Å². The molecule has 1 aliphatic rings. The van der Waals surface area contributed by atoms with E-state index >= 15 is 0 Å². The van der Waals surface area contributed by atoms with E-state index < -0.39 is 0 Å². The maximum absolute atomic E-state index is 9.15. The van der Waals surface area contributed by atoms with E-state index in [9.17, 15) is 0 Å². The lowest BCUT2D eigenvalue weighted by molar-refractivity contribution is 0.122. The fourth-order valence-corrected chi connectivity index (χ4v) is 3.88. The summed E-state index contributed by atoms with van der Waals surface area (Å²) in [5, 5.41) is 13.0. The van der Waals surface area contributed by atoms with Gasteiger partial charge in [-0.1, -0.05) is 42.1 Å². The summed E-state index contributed by atoms with van der Waals surface area (Å²) in [6, 6.07) is 10.3. The standard InChI is InChI=1S/C19H22N6O2S/c26-9-6-20-19-23-16-15(17(24-19)25-7-10-27-11-8-25)21-13-22-18(16)28-12-14-4-2-1-3-5-14/h1-5,13,26H,6-12H2,(H,20,23,24). The third-order valence-electron chi connectivity index (χ3n) is 4.35. The van der Waals surface area contributed by atoms with Gasteiger partial charge >= 0.3 is 0 Å². The predicted molar refractivity (Wildman–Crippen MR) is 110 cm³/mol. The smallest absolute Gasteiger partial charge is 0.225 e. The molecule has 0 radical (unpaired) electrons. The minimum Gasteiger partial charge on any atom is -0.395 e. The maximum atomic E-state index is 9.15. The molecular formula is C19H22N6O2S. The highest BCUT2D eigenvalue weighted by atomic mass is 32.2. The number of hydrogen-bond acceptors (Lipinski definition) is 9. The first-order chi connectivity index (χ1) is 13.8. The van der Waals surface area contributed by atoms with Crippen molar-refractivity contribution in [3.8, 4) is 0 Å². The SMILES string of the molecule is OCCNc1nc(N2CCOCC2)c2ncnc(SCc3ccccc3)c2n1. The lowest BCUT2D eigenvalue weighted by Crippen LogP contribution is -2.37.